The van der Waals surface area contributed by atoms with E-state index in [1.807, 2.05) is 6.92 Å². The summed E-state index contributed by atoms with van der Waals surface area (Å²) in [7, 11) is 0. The zero-order valence-electron chi connectivity index (χ0n) is 16.4. The number of amides is 3. The first-order valence-electron chi connectivity index (χ1n) is 9.42. The topological polar surface area (TPSA) is 101 Å². The highest BCUT2D eigenvalue weighted by Crippen LogP contribution is 2.13. The van der Waals surface area contributed by atoms with Crippen molar-refractivity contribution in [3.8, 4) is 0 Å². The third kappa shape index (κ3) is 8.85. The second-order valence-corrected chi connectivity index (χ2v) is 6.92. The smallest absolute Gasteiger partial charge is 0.325 e. The van der Waals surface area contributed by atoms with E-state index in [9.17, 15) is 14.4 Å². The van der Waals surface area contributed by atoms with Crippen molar-refractivity contribution in [3.05, 3.63) is 16.1 Å². The van der Waals surface area contributed by atoms with Crippen LogP contribution >= 0.6 is 11.3 Å². The van der Waals surface area contributed by atoms with Crippen molar-refractivity contribution in [3.63, 3.8) is 0 Å². The minimum atomic E-state index is -0.471. The quantitative estimate of drug-likeness (QED) is 0.416. The monoisotopic (exact) mass is 398 g/mol. The minimum Gasteiger partial charge on any atom is -0.465 e. The van der Waals surface area contributed by atoms with Crippen LogP contribution in [-0.2, 0) is 16.1 Å². The minimum absolute atomic E-state index is 0.168. The van der Waals surface area contributed by atoms with E-state index in [-0.39, 0.29) is 25.1 Å². The summed E-state index contributed by atoms with van der Waals surface area (Å²) in [6.45, 7) is 7.38. The van der Waals surface area contributed by atoms with Crippen LogP contribution in [0.1, 0.15) is 62.0 Å². The molecule has 1 rings (SSSR count). The third-order valence-electron chi connectivity index (χ3n) is 3.68. The molecule has 0 aliphatic rings. The van der Waals surface area contributed by atoms with Gasteiger partial charge in [0.1, 0.15) is 17.2 Å². The molecular weight excluding hydrogens is 368 g/mol. The normalized spacial score (nSPS) is 10.3. The van der Waals surface area contributed by atoms with Gasteiger partial charge in [-0.15, -0.1) is 11.3 Å². The van der Waals surface area contributed by atoms with Gasteiger partial charge >= 0.3 is 12.0 Å². The molecule has 0 saturated heterocycles. The summed E-state index contributed by atoms with van der Waals surface area (Å²) in [6.07, 6.45) is 3.71. The largest absolute Gasteiger partial charge is 0.465 e. The molecule has 1 aromatic rings. The zero-order chi connectivity index (χ0) is 20.1. The number of aromatic nitrogens is 1. The van der Waals surface area contributed by atoms with Crippen LogP contribution < -0.4 is 10.6 Å². The number of carbonyl (C=O) groups excluding carboxylic acids is 3. The van der Waals surface area contributed by atoms with Gasteiger partial charge in [0.05, 0.1) is 13.2 Å². The van der Waals surface area contributed by atoms with Crippen LogP contribution in [-0.4, -0.2) is 54.0 Å². The lowest BCUT2D eigenvalue weighted by atomic mass is 10.3. The van der Waals surface area contributed by atoms with Crippen LogP contribution in [0.25, 0.3) is 0 Å². The molecule has 9 heteroatoms. The number of carbonyl (C=O) groups is 3. The molecule has 1 heterocycles. The van der Waals surface area contributed by atoms with Gasteiger partial charge in [0.2, 0.25) is 0 Å². The summed E-state index contributed by atoms with van der Waals surface area (Å²) in [6, 6.07) is -0.347. The average Bonchev–Trinajstić information content (AvgIpc) is 3.12. The maximum atomic E-state index is 12.4. The lowest BCUT2D eigenvalue weighted by Crippen LogP contribution is -2.42. The number of nitrogens with zero attached hydrogens (tertiary/aromatic N) is 2. The molecule has 1 aromatic heterocycles. The van der Waals surface area contributed by atoms with E-state index < -0.39 is 5.97 Å². The van der Waals surface area contributed by atoms with Crippen molar-refractivity contribution in [2.75, 3.05) is 26.2 Å². The van der Waals surface area contributed by atoms with Crippen LogP contribution in [0.5, 0.6) is 0 Å². The molecule has 0 aliphatic heterocycles. The van der Waals surface area contributed by atoms with Crippen molar-refractivity contribution in [1.82, 2.24) is 20.5 Å². The number of unbranched alkanes of at least 4 members (excludes halogenated alkanes) is 2. The van der Waals surface area contributed by atoms with E-state index in [4.69, 9.17) is 4.74 Å². The van der Waals surface area contributed by atoms with Crippen LogP contribution in [0, 0.1) is 0 Å². The first-order valence-corrected chi connectivity index (χ1v) is 10.3. The predicted octanol–water partition coefficient (Wildman–Crippen LogP) is 2.55. The zero-order valence-corrected chi connectivity index (χ0v) is 17.2. The number of rotatable bonds is 12. The Morgan fingerprint density at radius 3 is 2.56 bits per heavy atom. The van der Waals surface area contributed by atoms with Gasteiger partial charge in [-0.25, -0.2) is 9.78 Å². The lowest BCUT2D eigenvalue weighted by Gasteiger charge is -2.21. The Bertz CT molecular complexity index is 606. The maximum absolute atomic E-state index is 12.4. The van der Waals surface area contributed by atoms with E-state index >= 15 is 0 Å². The van der Waals surface area contributed by atoms with E-state index in [0.29, 0.717) is 30.3 Å². The van der Waals surface area contributed by atoms with Gasteiger partial charge in [-0.1, -0.05) is 26.7 Å². The van der Waals surface area contributed by atoms with Crippen molar-refractivity contribution < 1.29 is 19.1 Å². The van der Waals surface area contributed by atoms with Gasteiger partial charge in [0, 0.05) is 18.5 Å². The first-order chi connectivity index (χ1) is 13.0. The Hall–Kier alpha value is -2.16. The SMILES string of the molecule is CCCCNC(=O)c1csc(CN(CCCC)C(=O)NCC(=O)OCC)n1. The number of thiazole rings is 1. The fraction of sp³-hybridized carbons (Fsp3) is 0.667. The summed E-state index contributed by atoms with van der Waals surface area (Å²) in [5, 5.41) is 7.78. The molecule has 0 unspecified atom stereocenters. The van der Waals surface area contributed by atoms with Crippen LogP contribution in [0.4, 0.5) is 4.79 Å². The number of hydrogen-bond acceptors (Lipinski definition) is 6. The van der Waals surface area contributed by atoms with E-state index in [1.54, 1.807) is 17.2 Å². The number of ether oxygens (including phenoxy) is 1. The Labute approximate surface area is 164 Å². The Morgan fingerprint density at radius 1 is 1.15 bits per heavy atom. The van der Waals surface area contributed by atoms with Gasteiger partial charge in [0.15, 0.2) is 0 Å². The van der Waals surface area contributed by atoms with E-state index in [0.717, 1.165) is 25.7 Å². The number of urea groups is 1. The Balaban J connectivity index is 2.64. The fourth-order valence-electron chi connectivity index (χ4n) is 2.19. The van der Waals surface area contributed by atoms with E-state index in [1.165, 1.54) is 11.3 Å². The van der Waals surface area contributed by atoms with Gasteiger partial charge in [-0.2, -0.15) is 0 Å². The molecular formula is C18H30N4O4S. The van der Waals surface area contributed by atoms with Gasteiger partial charge < -0.3 is 20.3 Å². The highest BCUT2D eigenvalue weighted by Gasteiger charge is 2.18. The fourth-order valence-corrected chi connectivity index (χ4v) is 2.98. The first kappa shape index (κ1) is 22.9. The molecule has 27 heavy (non-hydrogen) atoms. The molecule has 8 nitrogen and oxygen atoms in total. The molecule has 0 aromatic carbocycles. The highest BCUT2D eigenvalue weighted by atomic mass is 32.1. The molecule has 3 amide bonds. The summed E-state index contributed by atoms with van der Waals surface area (Å²) in [5.41, 5.74) is 0.369. The molecule has 0 fully saturated rings. The summed E-state index contributed by atoms with van der Waals surface area (Å²) >= 11 is 1.34. The predicted molar refractivity (Wildman–Crippen MR) is 105 cm³/mol. The summed E-state index contributed by atoms with van der Waals surface area (Å²) in [5.74, 6) is -0.667. The summed E-state index contributed by atoms with van der Waals surface area (Å²) < 4.78 is 4.81. The highest BCUT2D eigenvalue weighted by molar-refractivity contribution is 7.09. The maximum Gasteiger partial charge on any atom is 0.325 e. The summed E-state index contributed by atoms with van der Waals surface area (Å²) in [4.78, 5) is 41.8. The number of hydrogen-bond donors (Lipinski definition) is 2. The third-order valence-corrected chi connectivity index (χ3v) is 4.52. The number of esters is 1. The Kier molecular flexibility index (Phi) is 11.1. The molecule has 0 bridgehead atoms. The van der Waals surface area contributed by atoms with E-state index in [2.05, 4.69) is 22.5 Å². The molecule has 0 saturated carbocycles. The molecule has 0 spiro atoms. The molecule has 152 valence electrons. The molecule has 0 radical (unpaired) electrons. The van der Waals surface area contributed by atoms with Gasteiger partial charge in [-0.3, -0.25) is 9.59 Å². The van der Waals surface area contributed by atoms with Crippen molar-refractivity contribution >= 4 is 29.2 Å². The average molecular weight is 399 g/mol. The standard InChI is InChI=1S/C18H30N4O4S/c1-4-7-9-19-17(24)14-13-27-15(21-14)12-22(10-8-5-2)18(25)20-11-16(23)26-6-3/h13H,4-12H2,1-3H3,(H,19,24)(H,20,25). The Morgan fingerprint density at radius 2 is 1.89 bits per heavy atom. The molecule has 0 atom stereocenters. The van der Waals surface area contributed by atoms with Crippen LogP contribution in [0.3, 0.4) is 0 Å². The van der Waals surface area contributed by atoms with Gasteiger partial charge in [-0.05, 0) is 19.8 Å². The van der Waals surface area contributed by atoms with Crippen molar-refractivity contribution in [1.29, 1.82) is 0 Å². The number of nitrogens with one attached hydrogen (secondary N) is 2. The lowest BCUT2D eigenvalue weighted by molar-refractivity contribution is -0.141. The van der Waals surface area contributed by atoms with Crippen molar-refractivity contribution in [2.45, 2.75) is 53.0 Å². The van der Waals surface area contributed by atoms with Crippen LogP contribution in [0.2, 0.25) is 0 Å². The van der Waals surface area contributed by atoms with Gasteiger partial charge in [0.25, 0.3) is 5.91 Å². The second kappa shape index (κ2) is 13.1. The van der Waals surface area contributed by atoms with Crippen molar-refractivity contribution in [2.24, 2.45) is 0 Å². The molecule has 0 aliphatic carbocycles. The molecule has 2 N–H and O–H groups in total. The second-order valence-electron chi connectivity index (χ2n) is 5.97. The van der Waals surface area contributed by atoms with Crippen LogP contribution in [0.15, 0.2) is 5.38 Å².